The van der Waals surface area contributed by atoms with Gasteiger partial charge >= 0.3 is 5.97 Å². The minimum atomic E-state index is -1.03. The SMILES string of the molecule is CCOC(=O)C1(CCCCS(=O)c2ccccc2)CCCCCCC1=O. The highest BCUT2D eigenvalue weighted by molar-refractivity contribution is 7.85. The molecule has 0 radical (unpaired) electrons. The van der Waals surface area contributed by atoms with Gasteiger partial charge in [0.25, 0.3) is 0 Å². The smallest absolute Gasteiger partial charge is 0.319 e. The van der Waals surface area contributed by atoms with Gasteiger partial charge in [-0.05, 0) is 44.7 Å². The standard InChI is InChI=1S/C21H30O4S/c1-2-25-20(23)21(15-9-4-3-8-14-19(21)22)16-10-11-17-26(24)18-12-6-5-7-13-18/h5-7,12-13H,2-4,8-11,14-17H2,1H3. The monoisotopic (exact) mass is 378 g/mol. The molecule has 1 aliphatic carbocycles. The van der Waals surface area contributed by atoms with Gasteiger partial charge in [0.1, 0.15) is 11.2 Å². The van der Waals surface area contributed by atoms with E-state index in [4.69, 9.17) is 4.74 Å². The minimum Gasteiger partial charge on any atom is -0.465 e. The maximum absolute atomic E-state index is 12.8. The molecule has 144 valence electrons. The Labute approximate surface area is 159 Å². The van der Waals surface area contributed by atoms with E-state index in [9.17, 15) is 13.8 Å². The van der Waals surface area contributed by atoms with E-state index in [2.05, 4.69) is 0 Å². The topological polar surface area (TPSA) is 60.4 Å². The molecule has 26 heavy (non-hydrogen) atoms. The molecule has 0 aliphatic heterocycles. The number of esters is 1. The van der Waals surface area contributed by atoms with Gasteiger partial charge in [0, 0.05) is 17.1 Å². The number of carbonyl (C=O) groups is 2. The molecule has 0 bridgehead atoms. The molecular formula is C21H30O4S. The molecule has 2 atom stereocenters. The molecular weight excluding hydrogens is 348 g/mol. The largest absolute Gasteiger partial charge is 0.465 e. The molecule has 1 aromatic carbocycles. The summed E-state index contributed by atoms with van der Waals surface area (Å²) in [7, 11) is -1.03. The minimum absolute atomic E-state index is 0.0415. The third-order valence-corrected chi connectivity index (χ3v) is 6.60. The maximum atomic E-state index is 12.8. The normalized spacial score (nSPS) is 22.3. The van der Waals surface area contributed by atoms with Crippen LogP contribution in [0.1, 0.15) is 64.7 Å². The highest BCUT2D eigenvalue weighted by Gasteiger charge is 2.45. The van der Waals surface area contributed by atoms with Crippen LogP contribution in [0.3, 0.4) is 0 Å². The number of hydrogen-bond acceptors (Lipinski definition) is 4. The van der Waals surface area contributed by atoms with E-state index in [0.717, 1.165) is 37.0 Å². The third-order valence-electron chi connectivity index (χ3n) is 5.15. The molecule has 0 heterocycles. The van der Waals surface area contributed by atoms with Gasteiger partial charge in [-0.25, -0.2) is 0 Å². The van der Waals surface area contributed by atoms with Crippen molar-refractivity contribution in [3.8, 4) is 0 Å². The maximum Gasteiger partial charge on any atom is 0.319 e. The first-order valence-electron chi connectivity index (χ1n) is 9.74. The number of Topliss-reactive ketones (excluding diaryl/α,β-unsaturated/α-hetero) is 1. The van der Waals surface area contributed by atoms with Gasteiger partial charge in [-0.3, -0.25) is 13.8 Å². The van der Waals surface area contributed by atoms with E-state index in [-0.39, 0.29) is 11.8 Å². The molecule has 1 aliphatic rings. The molecule has 5 heteroatoms. The molecule has 2 unspecified atom stereocenters. The summed E-state index contributed by atoms with van der Waals surface area (Å²) < 4.78 is 17.6. The lowest BCUT2D eigenvalue weighted by atomic mass is 9.72. The van der Waals surface area contributed by atoms with Crippen LogP contribution < -0.4 is 0 Å². The van der Waals surface area contributed by atoms with Crippen LogP contribution in [0.5, 0.6) is 0 Å². The Kier molecular flexibility index (Phi) is 8.49. The van der Waals surface area contributed by atoms with Gasteiger partial charge in [-0.15, -0.1) is 0 Å². The lowest BCUT2D eigenvalue weighted by Crippen LogP contribution is -2.41. The number of carbonyl (C=O) groups excluding carboxylic acids is 2. The summed E-state index contributed by atoms with van der Waals surface area (Å²) in [5.41, 5.74) is -0.981. The van der Waals surface area contributed by atoms with Crippen LogP contribution in [-0.2, 0) is 25.1 Å². The van der Waals surface area contributed by atoms with Crippen LogP contribution in [0.15, 0.2) is 35.2 Å². The van der Waals surface area contributed by atoms with Crippen molar-refractivity contribution in [1.29, 1.82) is 0 Å². The van der Waals surface area contributed by atoms with Crippen molar-refractivity contribution in [2.75, 3.05) is 12.4 Å². The van der Waals surface area contributed by atoms with E-state index < -0.39 is 16.2 Å². The van der Waals surface area contributed by atoms with Crippen LogP contribution in [-0.4, -0.2) is 28.3 Å². The van der Waals surface area contributed by atoms with E-state index in [1.165, 1.54) is 0 Å². The second-order valence-electron chi connectivity index (χ2n) is 6.96. The predicted octanol–water partition coefficient (Wildman–Crippen LogP) is 4.44. The van der Waals surface area contributed by atoms with Crippen molar-refractivity contribution in [2.45, 2.75) is 69.6 Å². The molecule has 0 amide bonds. The highest BCUT2D eigenvalue weighted by Crippen LogP contribution is 2.37. The summed E-state index contributed by atoms with van der Waals surface area (Å²) in [5, 5.41) is 0. The number of benzene rings is 1. The summed E-state index contributed by atoms with van der Waals surface area (Å²) in [6.07, 6.45) is 6.88. The molecule has 2 rings (SSSR count). The fourth-order valence-electron chi connectivity index (χ4n) is 3.65. The molecule has 1 fully saturated rings. The van der Waals surface area contributed by atoms with Gasteiger partial charge in [0.2, 0.25) is 0 Å². The van der Waals surface area contributed by atoms with Crippen molar-refractivity contribution in [3.63, 3.8) is 0 Å². The first-order chi connectivity index (χ1) is 12.6. The molecule has 4 nitrogen and oxygen atoms in total. The summed E-state index contributed by atoms with van der Waals surface area (Å²) in [4.78, 5) is 26.3. The van der Waals surface area contributed by atoms with Crippen molar-refractivity contribution in [1.82, 2.24) is 0 Å². The Morgan fingerprint density at radius 2 is 1.85 bits per heavy atom. The van der Waals surface area contributed by atoms with E-state index in [1.54, 1.807) is 6.92 Å². The van der Waals surface area contributed by atoms with E-state index in [1.807, 2.05) is 30.3 Å². The summed E-state index contributed by atoms with van der Waals surface area (Å²) in [5.74, 6) is 0.243. The van der Waals surface area contributed by atoms with Gasteiger partial charge in [0.05, 0.1) is 17.4 Å². The van der Waals surface area contributed by atoms with Gasteiger partial charge in [0.15, 0.2) is 0 Å². The number of ketones is 1. The summed E-state index contributed by atoms with van der Waals surface area (Å²) in [6.45, 7) is 2.08. The number of ether oxygens (including phenoxy) is 1. The zero-order chi connectivity index (χ0) is 18.8. The zero-order valence-electron chi connectivity index (χ0n) is 15.7. The van der Waals surface area contributed by atoms with Crippen LogP contribution in [0.4, 0.5) is 0 Å². The average Bonchev–Trinajstić information content (AvgIpc) is 2.65. The van der Waals surface area contributed by atoms with Crippen LogP contribution in [0.25, 0.3) is 0 Å². The molecule has 1 saturated carbocycles. The Morgan fingerprint density at radius 1 is 1.12 bits per heavy atom. The first kappa shape index (κ1) is 20.8. The Hall–Kier alpha value is -1.49. The summed E-state index contributed by atoms with van der Waals surface area (Å²) >= 11 is 0. The molecule has 0 aromatic heterocycles. The fraction of sp³-hybridized carbons (Fsp3) is 0.619. The second kappa shape index (κ2) is 10.6. The average molecular weight is 379 g/mol. The third kappa shape index (κ3) is 5.50. The Bertz CT molecular complexity index is 604. The number of hydrogen-bond donors (Lipinski definition) is 0. The Balaban J connectivity index is 1.97. The molecule has 1 aromatic rings. The van der Waals surface area contributed by atoms with E-state index >= 15 is 0 Å². The van der Waals surface area contributed by atoms with Crippen molar-refractivity contribution >= 4 is 22.6 Å². The highest BCUT2D eigenvalue weighted by atomic mass is 32.2. The van der Waals surface area contributed by atoms with Crippen molar-refractivity contribution < 1.29 is 18.5 Å². The quantitative estimate of drug-likeness (QED) is 0.381. The van der Waals surface area contributed by atoms with Crippen molar-refractivity contribution in [3.05, 3.63) is 30.3 Å². The van der Waals surface area contributed by atoms with Crippen LogP contribution in [0, 0.1) is 5.41 Å². The van der Waals surface area contributed by atoms with Crippen LogP contribution >= 0.6 is 0 Å². The molecule has 0 spiro atoms. The molecule has 0 N–H and O–H groups in total. The van der Waals surface area contributed by atoms with Crippen LogP contribution in [0.2, 0.25) is 0 Å². The first-order valence-corrected chi connectivity index (χ1v) is 11.1. The second-order valence-corrected chi connectivity index (χ2v) is 8.53. The fourth-order valence-corrected chi connectivity index (χ4v) is 4.81. The summed E-state index contributed by atoms with van der Waals surface area (Å²) in [6, 6.07) is 9.42. The van der Waals surface area contributed by atoms with Gasteiger partial charge < -0.3 is 4.74 Å². The molecule has 0 saturated heterocycles. The Morgan fingerprint density at radius 3 is 2.58 bits per heavy atom. The van der Waals surface area contributed by atoms with Gasteiger partial charge in [-0.1, -0.05) is 43.9 Å². The van der Waals surface area contributed by atoms with E-state index in [0.29, 0.717) is 38.0 Å². The lowest BCUT2D eigenvalue weighted by Gasteiger charge is -2.31. The zero-order valence-corrected chi connectivity index (χ0v) is 16.5. The number of rotatable bonds is 8. The van der Waals surface area contributed by atoms with Crippen molar-refractivity contribution in [2.24, 2.45) is 5.41 Å². The number of unbranched alkanes of at least 4 members (excludes halogenated alkanes) is 1. The lowest BCUT2D eigenvalue weighted by molar-refractivity contribution is -0.162. The van der Waals surface area contributed by atoms with Gasteiger partial charge in [-0.2, -0.15) is 0 Å². The predicted molar refractivity (Wildman–Crippen MR) is 103 cm³/mol.